The van der Waals surface area contributed by atoms with Gasteiger partial charge in [0.2, 0.25) is 0 Å². The van der Waals surface area contributed by atoms with Gasteiger partial charge >= 0.3 is 0 Å². The minimum absolute atomic E-state index is 0.193. The number of aryl methyl sites for hydroxylation is 1. The zero-order valence-corrected chi connectivity index (χ0v) is 18.6. The third kappa shape index (κ3) is 5.69. The molecule has 3 aromatic rings. The summed E-state index contributed by atoms with van der Waals surface area (Å²) in [6.07, 6.45) is 3.59. The molecule has 2 aromatic carbocycles. The largest absolute Gasteiger partial charge is 0.364 e. The summed E-state index contributed by atoms with van der Waals surface area (Å²) in [5.41, 5.74) is 2.57. The minimum atomic E-state index is -0.609. The predicted octanol–water partition coefficient (Wildman–Crippen LogP) is 5.06. The normalized spacial score (nSPS) is 13.5. The molecule has 0 aliphatic carbocycles. The number of rotatable bonds is 10. The average Bonchev–Trinajstić information content (AvgIpc) is 3.17. The van der Waals surface area contributed by atoms with Gasteiger partial charge in [0.25, 0.3) is 0 Å². The summed E-state index contributed by atoms with van der Waals surface area (Å²) in [7, 11) is 4.03. The van der Waals surface area contributed by atoms with E-state index in [1.165, 1.54) is 12.1 Å². The van der Waals surface area contributed by atoms with Crippen LogP contribution in [0.15, 0.2) is 60.8 Å². The van der Waals surface area contributed by atoms with Gasteiger partial charge in [0.1, 0.15) is 11.4 Å². The number of benzene rings is 2. The molecule has 4 nitrogen and oxygen atoms in total. The predicted molar refractivity (Wildman–Crippen MR) is 119 cm³/mol. The van der Waals surface area contributed by atoms with E-state index in [2.05, 4.69) is 24.0 Å². The van der Waals surface area contributed by atoms with E-state index in [9.17, 15) is 4.39 Å². The maximum absolute atomic E-state index is 13.0. The fourth-order valence-corrected chi connectivity index (χ4v) is 3.73. The lowest BCUT2D eigenvalue weighted by molar-refractivity contribution is -0.0131. The molecule has 0 fully saturated rings. The smallest absolute Gasteiger partial charge is 0.132 e. The summed E-state index contributed by atoms with van der Waals surface area (Å²) in [6.45, 7) is 4.53. The number of hydrogen-bond donors (Lipinski definition) is 0. The van der Waals surface area contributed by atoms with E-state index in [0.29, 0.717) is 11.6 Å². The van der Waals surface area contributed by atoms with Gasteiger partial charge in [-0.15, -0.1) is 0 Å². The zero-order chi connectivity index (χ0) is 21.6. The van der Waals surface area contributed by atoms with Crippen molar-refractivity contribution in [1.29, 1.82) is 0 Å². The van der Waals surface area contributed by atoms with Gasteiger partial charge in [0.15, 0.2) is 0 Å². The first-order valence-corrected chi connectivity index (χ1v) is 10.6. The van der Waals surface area contributed by atoms with Gasteiger partial charge in [-0.05, 0) is 68.3 Å². The van der Waals surface area contributed by atoms with Crippen LogP contribution < -0.4 is 0 Å². The summed E-state index contributed by atoms with van der Waals surface area (Å²) in [6, 6.07) is 16.5. The van der Waals surface area contributed by atoms with Crippen LogP contribution in [0, 0.1) is 5.82 Å². The molecule has 1 unspecified atom stereocenters. The van der Waals surface area contributed by atoms with Crippen LogP contribution in [-0.2, 0) is 23.8 Å². The summed E-state index contributed by atoms with van der Waals surface area (Å²) >= 11 is 6.08. The topological polar surface area (TPSA) is 30.3 Å². The van der Waals surface area contributed by atoms with E-state index >= 15 is 0 Å². The molecule has 0 N–H and O–H groups in total. The maximum Gasteiger partial charge on any atom is 0.132 e. The highest BCUT2D eigenvalue weighted by atomic mass is 35.5. The number of ether oxygens (including phenoxy) is 1. The third-order valence-corrected chi connectivity index (χ3v) is 5.73. The number of aromatic nitrogens is 2. The molecule has 1 aromatic heterocycles. The Bertz CT molecular complexity index is 926. The Labute approximate surface area is 183 Å². The van der Waals surface area contributed by atoms with Crippen molar-refractivity contribution in [1.82, 2.24) is 14.7 Å². The van der Waals surface area contributed by atoms with Crippen LogP contribution in [-0.4, -0.2) is 41.4 Å². The highest BCUT2D eigenvalue weighted by molar-refractivity contribution is 6.30. The molecule has 0 saturated heterocycles. The van der Waals surface area contributed by atoms with Crippen LogP contribution in [0.4, 0.5) is 4.39 Å². The molecule has 0 aliphatic heterocycles. The Balaban J connectivity index is 1.55. The molecule has 0 amide bonds. The van der Waals surface area contributed by atoms with Crippen molar-refractivity contribution in [3.05, 3.63) is 88.5 Å². The van der Waals surface area contributed by atoms with E-state index in [1.54, 1.807) is 6.20 Å². The van der Waals surface area contributed by atoms with E-state index in [1.807, 2.05) is 54.2 Å². The van der Waals surface area contributed by atoms with Crippen LogP contribution in [0.5, 0.6) is 0 Å². The van der Waals surface area contributed by atoms with Gasteiger partial charge < -0.3 is 9.64 Å². The minimum Gasteiger partial charge on any atom is -0.364 e. The second-order valence-corrected chi connectivity index (χ2v) is 8.20. The van der Waals surface area contributed by atoms with Crippen molar-refractivity contribution in [3.8, 4) is 0 Å². The van der Waals surface area contributed by atoms with E-state index < -0.39 is 5.60 Å². The lowest BCUT2D eigenvalue weighted by atomic mass is 9.92. The molecule has 6 heteroatoms. The van der Waals surface area contributed by atoms with Crippen molar-refractivity contribution < 1.29 is 9.13 Å². The highest BCUT2D eigenvalue weighted by Crippen LogP contribution is 2.33. The number of hydrogen-bond acceptors (Lipinski definition) is 3. The van der Waals surface area contributed by atoms with Crippen LogP contribution in [0.3, 0.4) is 0 Å². The first-order chi connectivity index (χ1) is 14.4. The van der Waals surface area contributed by atoms with Gasteiger partial charge in [-0.3, -0.25) is 4.68 Å². The van der Waals surface area contributed by atoms with Gasteiger partial charge in [0.05, 0.1) is 5.69 Å². The van der Waals surface area contributed by atoms with Crippen molar-refractivity contribution in [2.45, 2.75) is 25.4 Å². The molecular weight excluding hydrogens is 401 g/mol. The van der Waals surface area contributed by atoms with Gasteiger partial charge in [-0.1, -0.05) is 35.9 Å². The van der Waals surface area contributed by atoms with Crippen LogP contribution in [0.2, 0.25) is 5.02 Å². The maximum atomic E-state index is 13.0. The molecular formula is C24H29ClFN3O. The Morgan fingerprint density at radius 3 is 2.40 bits per heavy atom. The molecule has 0 saturated carbocycles. The molecule has 30 heavy (non-hydrogen) atoms. The van der Waals surface area contributed by atoms with E-state index in [4.69, 9.17) is 16.3 Å². The van der Waals surface area contributed by atoms with Gasteiger partial charge in [-0.25, -0.2) is 4.39 Å². The molecule has 0 radical (unpaired) electrons. The monoisotopic (exact) mass is 429 g/mol. The van der Waals surface area contributed by atoms with Crippen molar-refractivity contribution in [3.63, 3.8) is 0 Å². The Hall–Kier alpha value is -2.21. The average molecular weight is 430 g/mol. The first-order valence-electron chi connectivity index (χ1n) is 10.2. The van der Waals surface area contributed by atoms with Crippen LogP contribution in [0.1, 0.15) is 30.2 Å². The van der Waals surface area contributed by atoms with Crippen LogP contribution in [0.25, 0.3) is 0 Å². The van der Waals surface area contributed by atoms with Gasteiger partial charge in [0, 0.05) is 38.0 Å². The molecule has 1 heterocycles. The molecule has 0 spiro atoms. The Morgan fingerprint density at radius 2 is 1.77 bits per heavy atom. The van der Waals surface area contributed by atoms with Gasteiger partial charge in [-0.2, -0.15) is 5.10 Å². The van der Waals surface area contributed by atoms with Crippen molar-refractivity contribution in [2.75, 3.05) is 26.7 Å². The second kappa shape index (κ2) is 10.2. The molecule has 160 valence electrons. The van der Waals surface area contributed by atoms with Crippen molar-refractivity contribution in [2.24, 2.45) is 7.05 Å². The number of likely N-dealkylation sites (N-methyl/N-ethyl adjacent to an activating group) is 1. The highest BCUT2D eigenvalue weighted by Gasteiger charge is 2.32. The quantitative estimate of drug-likeness (QED) is 0.422. The van der Waals surface area contributed by atoms with E-state index in [0.717, 1.165) is 42.8 Å². The zero-order valence-electron chi connectivity index (χ0n) is 17.8. The van der Waals surface area contributed by atoms with Crippen LogP contribution >= 0.6 is 11.6 Å². The third-order valence-electron chi connectivity index (χ3n) is 5.48. The van der Waals surface area contributed by atoms with E-state index in [-0.39, 0.29) is 5.82 Å². The Morgan fingerprint density at radius 1 is 1.07 bits per heavy atom. The standard InChI is InChI=1S/C24H29ClFN3O/c1-24(23-13-15-27-29(23)3,20-7-9-21(25)10-8-20)30-18-4-16-28(2)17-14-19-5-11-22(26)12-6-19/h5-13,15H,4,14,16-18H2,1-3H3. The lowest BCUT2D eigenvalue weighted by Crippen LogP contribution is -2.32. The second-order valence-electron chi connectivity index (χ2n) is 7.76. The lowest BCUT2D eigenvalue weighted by Gasteiger charge is -2.31. The SMILES string of the molecule is CN(CCCOC(C)(c1ccc(Cl)cc1)c1ccnn1C)CCc1ccc(F)cc1. The summed E-state index contributed by atoms with van der Waals surface area (Å²) < 4.78 is 21.3. The Kier molecular flexibility index (Phi) is 7.64. The summed E-state index contributed by atoms with van der Waals surface area (Å²) in [4.78, 5) is 2.27. The summed E-state index contributed by atoms with van der Waals surface area (Å²) in [5.74, 6) is -0.193. The molecule has 1 atom stereocenters. The van der Waals surface area contributed by atoms with Crippen molar-refractivity contribution >= 4 is 11.6 Å². The number of nitrogens with zero attached hydrogens (tertiary/aromatic N) is 3. The first kappa shape index (κ1) is 22.5. The molecule has 0 aliphatic rings. The summed E-state index contributed by atoms with van der Waals surface area (Å²) in [5, 5.41) is 5.02. The fraction of sp³-hybridized carbons (Fsp3) is 0.375. The number of halogens is 2. The fourth-order valence-electron chi connectivity index (χ4n) is 3.61. The molecule has 3 rings (SSSR count). The molecule has 0 bridgehead atoms.